The molecule has 0 saturated carbocycles. The van der Waals surface area contributed by atoms with E-state index >= 15 is 0 Å². The van der Waals surface area contributed by atoms with E-state index in [1.165, 1.54) is 17.3 Å². The Morgan fingerprint density at radius 2 is 2.27 bits per heavy atom. The van der Waals surface area contributed by atoms with Gasteiger partial charge >= 0.3 is 12.2 Å². The Hall–Kier alpha value is -2.03. The standard InChI is InChI=1S/C13H13F3N4OS/c14-13(15,16)8-20-7-10(5-17-20)18-12(21)19-3-1-11-9(6-19)2-4-22-11/h2,4-5,7H,1,3,6,8H2,(H,18,21). The van der Waals surface area contributed by atoms with Gasteiger partial charge in [0.15, 0.2) is 0 Å². The number of rotatable bonds is 2. The Balaban J connectivity index is 1.61. The monoisotopic (exact) mass is 330 g/mol. The highest BCUT2D eigenvalue weighted by Crippen LogP contribution is 2.24. The first-order valence-corrected chi connectivity index (χ1v) is 7.49. The average Bonchev–Trinajstić information content (AvgIpc) is 3.05. The van der Waals surface area contributed by atoms with Crippen LogP contribution in [0.25, 0.3) is 0 Å². The molecule has 3 rings (SSSR count). The number of aromatic nitrogens is 2. The van der Waals surface area contributed by atoms with Crippen LogP contribution in [0.4, 0.5) is 23.7 Å². The molecule has 1 aliphatic rings. The third-order valence-corrected chi connectivity index (χ3v) is 4.34. The van der Waals surface area contributed by atoms with Crippen LogP contribution in [0.3, 0.4) is 0 Å². The number of amides is 2. The minimum atomic E-state index is -4.34. The zero-order valence-corrected chi connectivity index (χ0v) is 12.2. The quantitative estimate of drug-likeness (QED) is 0.920. The molecule has 1 N–H and O–H groups in total. The Kier molecular flexibility index (Phi) is 3.81. The summed E-state index contributed by atoms with van der Waals surface area (Å²) in [6.45, 7) is -0.0672. The number of urea groups is 1. The molecule has 0 aromatic carbocycles. The number of alkyl halides is 3. The number of nitrogens with zero attached hydrogens (tertiary/aromatic N) is 3. The lowest BCUT2D eigenvalue weighted by Gasteiger charge is -2.26. The molecule has 5 nitrogen and oxygen atoms in total. The molecule has 0 bridgehead atoms. The number of carbonyl (C=O) groups is 1. The van der Waals surface area contributed by atoms with Gasteiger partial charge in [0.2, 0.25) is 0 Å². The van der Waals surface area contributed by atoms with Gasteiger partial charge in [-0.05, 0) is 23.4 Å². The van der Waals surface area contributed by atoms with E-state index < -0.39 is 12.7 Å². The summed E-state index contributed by atoms with van der Waals surface area (Å²) in [4.78, 5) is 15.1. The molecule has 0 fully saturated rings. The van der Waals surface area contributed by atoms with Crippen LogP contribution in [0, 0.1) is 0 Å². The fourth-order valence-corrected chi connectivity index (χ4v) is 3.21. The molecule has 3 heterocycles. The topological polar surface area (TPSA) is 50.2 Å². The molecule has 118 valence electrons. The smallest absolute Gasteiger partial charge is 0.320 e. The lowest BCUT2D eigenvalue weighted by molar-refractivity contribution is -0.142. The average molecular weight is 330 g/mol. The Labute approximate surface area is 128 Å². The van der Waals surface area contributed by atoms with E-state index in [0.717, 1.165) is 16.7 Å². The number of carbonyl (C=O) groups excluding carboxylic acids is 1. The second kappa shape index (κ2) is 5.64. The van der Waals surface area contributed by atoms with Gasteiger partial charge in [0, 0.05) is 24.2 Å². The van der Waals surface area contributed by atoms with E-state index in [2.05, 4.69) is 10.4 Å². The van der Waals surface area contributed by atoms with Crippen LogP contribution in [0.1, 0.15) is 10.4 Å². The van der Waals surface area contributed by atoms with E-state index in [-0.39, 0.29) is 11.7 Å². The zero-order valence-electron chi connectivity index (χ0n) is 11.4. The van der Waals surface area contributed by atoms with Gasteiger partial charge in [-0.15, -0.1) is 11.3 Å². The van der Waals surface area contributed by atoms with E-state index in [4.69, 9.17) is 0 Å². The molecule has 1 aliphatic heterocycles. The molecule has 2 aromatic rings. The van der Waals surface area contributed by atoms with Crippen molar-refractivity contribution in [1.82, 2.24) is 14.7 Å². The summed E-state index contributed by atoms with van der Waals surface area (Å²) in [5.74, 6) is 0. The number of anilines is 1. The van der Waals surface area contributed by atoms with Crippen molar-refractivity contribution in [2.24, 2.45) is 0 Å². The number of halogens is 3. The first-order valence-electron chi connectivity index (χ1n) is 6.61. The van der Waals surface area contributed by atoms with Gasteiger partial charge in [-0.2, -0.15) is 18.3 Å². The molecule has 2 aromatic heterocycles. The van der Waals surface area contributed by atoms with Crippen molar-refractivity contribution in [3.8, 4) is 0 Å². The molecular weight excluding hydrogens is 317 g/mol. The van der Waals surface area contributed by atoms with Gasteiger partial charge < -0.3 is 10.2 Å². The SMILES string of the molecule is O=C(Nc1cnn(CC(F)(F)F)c1)N1CCc2sccc2C1. The second-order valence-corrected chi connectivity index (χ2v) is 6.01. The summed E-state index contributed by atoms with van der Waals surface area (Å²) in [7, 11) is 0. The van der Waals surface area contributed by atoms with Crippen molar-refractivity contribution >= 4 is 23.1 Å². The van der Waals surface area contributed by atoms with E-state index in [0.29, 0.717) is 13.1 Å². The molecular formula is C13H13F3N4OS. The summed E-state index contributed by atoms with van der Waals surface area (Å²) in [5.41, 5.74) is 1.38. The van der Waals surface area contributed by atoms with Crippen molar-refractivity contribution in [1.29, 1.82) is 0 Å². The van der Waals surface area contributed by atoms with Gasteiger partial charge in [-0.3, -0.25) is 4.68 Å². The molecule has 0 radical (unpaired) electrons. The van der Waals surface area contributed by atoms with E-state index in [1.807, 2.05) is 11.4 Å². The van der Waals surface area contributed by atoms with Crippen LogP contribution in [-0.4, -0.2) is 33.4 Å². The van der Waals surface area contributed by atoms with Crippen LogP contribution in [0.15, 0.2) is 23.8 Å². The molecule has 22 heavy (non-hydrogen) atoms. The molecule has 0 aliphatic carbocycles. The number of fused-ring (bicyclic) bond motifs is 1. The lowest BCUT2D eigenvalue weighted by atomic mass is 10.1. The summed E-state index contributed by atoms with van der Waals surface area (Å²) in [5, 5.41) is 8.17. The van der Waals surface area contributed by atoms with Crippen LogP contribution >= 0.6 is 11.3 Å². The highest BCUT2D eigenvalue weighted by molar-refractivity contribution is 7.10. The van der Waals surface area contributed by atoms with Gasteiger partial charge in [0.25, 0.3) is 0 Å². The highest BCUT2D eigenvalue weighted by Gasteiger charge is 2.28. The summed E-state index contributed by atoms with van der Waals surface area (Å²) in [6.07, 6.45) is -1.15. The van der Waals surface area contributed by atoms with Crippen molar-refractivity contribution in [2.75, 3.05) is 11.9 Å². The van der Waals surface area contributed by atoms with Crippen LogP contribution in [0.5, 0.6) is 0 Å². The Morgan fingerprint density at radius 1 is 1.45 bits per heavy atom. The first kappa shape index (κ1) is 14.9. The minimum absolute atomic E-state index is 0.255. The van der Waals surface area contributed by atoms with Crippen molar-refractivity contribution < 1.29 is 18.0 Å². The predicted octanol–water partition coefficient (Wildman–Crippen LogP) is 3.10. The lowest BCUT2D eigenvalue weighted by Crippen LogP contribution is -2.38. The molecule has 2 amide bonds. The highest BCUT2D eigenvalue weighted by atomic mass is 32.1. The Bertz CT molecular complexity index is 679. The Morgan fingerprint density at radius 3 is 3.05 bits per heavy atom. The van der Waals surface area contributed by atoms with Gasteiger partial charge in [-0.1, -0.05) is 0 Å². The molecule has 0 spiro atoms. The maximum absolute atomic E-state index is 12.3. The van der Waals surface area contributed by atoms with Crippen molar-refractivity contribution in [2.45, 2.75) is 25.7 Å². The first-order chi connectivity index (χ1) is 10.4. The third-order valence-electron chi connectivity index (χ3n) is 3.32. The van der Waals surface area contributed by atoms with Gasteiger partial charge in [0.05, 0.1) is 11.9 Å². The fourth-order valence-electron chi connectivity index (χ4n) is 2.32. The predicted molar refractivity (Wildman–Crippen MR) is 75.7 cm³/mol. The maximum Gasteiger partial charge on any atom is 0.408 e. The second-order valence-electron chi connectivity index (χ2n) is 5.01. The number of thiophene rings is 1. The number of hydrogen-bond donors (Lipinski definition) is 1. The zero-order chi connectivity index (χ0) is 15.7. The minimum Gasteiger partial charge on any atom is -0.320 e. The van der Waals surface area contributed by atoms with E-state index in [9.17, 15) is 18.0 Å². The molecule has 0 unspecified atom stereocenters. The van der Waals surface area contributed by atoms with Crippen LogP contribution in [0.2, 0.25) is 0 Å². The van der Waals surface area contributed by atoms with Crippen LogP contribution in [-0.2, 0) is 19.5 Å². The van der Waals surface area contributed by atoms with Crippen molar-refractivity contribution in [3.05, 3.63) is 34.3 Å². The third kappa shape index (κ3) is 3.41. The van der Waals surface area contributed by atoms with Crippen LogP contribution < -0.4 is 5.32 Å². The normalized spacial score (nSPS) is 14.8. The number of nitrogens with one attached hydrogen (secondary N) is 1. The fraction of sp³-hybridized carbons (Fsp3) is 0.385. The summed E-state index contributed by atoms with van der Waals surface area (Å²) in [6, 6.07) is 1.66. The molecule has 0 saturated heterocycles. The van der Waals surface area contributed by atoms with Gasteiger partial charge in [-0.25, -0.2) is 4.79 Å². The maximum atomic E-state index is 12.3. The van der Waals surface area contributed by atoms with Gasteiger partial charge in [0.1, 0.15) is 6.54 Å². The van der Waals surface area contributed by atoms with E-state index in [1.54, 1.807) is 16.2 Å². The van der Waals surface area contributed by atoms with Crippen molar-refractivity contribution in [3.63, 3.8) is 0 Å². The largest absolute Gasteiger partial charge is 0.408 e. The molecule has 9 heteroatoms. The summed E-state index contributed by atoms with van der Waals surface area (Å²) < 4.78 is 37.5. The molecule has 0 atom stereocenters. The number of hydrogen-bond acceptors (Lipinski definition) is 3. The summed E-state index contributed by atoms with van der Waals surface area (Å²) >= 11 is 1.67.